The molecule has 0 fully saturated rings. The molecule has 0 aliphatic rings. The number of halogens is 4. The minimum absolute atomic E-state index is 0.421. The van der Waals surface area contributed by atoms with Crippen molar-refractivity contribution in [1.29, 1.82) is 0 Å². The average Bonchev–Trinajstić information content (AvgIpc) is 2.74. The van der Waals surface area contributed by atoms with Crippen LogP contribution in [0.4, 0.5) is 13.2 Å². The van der Waals surface area contributed by atoms with Crippen LogP contribution in [0.2, 0.25) is 0 Å². The van der Waals surface area contributed by atoms with E-state index >= 15 is 0 Å². The summed E-state index contributed by atoms with van der Waals surface area (Å²) in [5.41, 5.74) is 1.20. The number of unbranched alkanes of at least 4 members (excludes halogenated alkanes) is 3. The van der Waals surface area contributed by atoms with Gasteiger partial charge in [0.25, 0.3) is 5.91 Å². The van der Waals surface area contributed by atoms with E-state index in [1.807, 2.05) is 6.92 Å². The Hall–Kier alpha value is -2.55. The summed E-state index contributed by atoms with van der Waals surface area (Å²) in [6.07, 6.45) is 0.992. The molecule has 9 heteroatoms. The fourth-order valence-corrected chi connectivity index (χ4v) is 3.50. The van der Waals surface area contributed by atoms with Gasteiger partial charge in [0.05, 0.1) is 35.0 Å². The summed E-state index contributed by atoms with van der Waals surface area (Å²) in [5.74, 6) is 0.126. The second-order valence-corrected chi connectivity index (χ2v) is 7.77. The van der Waals surface area contributed by atoms with Gasteiger partial charge in [0.1, 0.15) is 0 Å². The third-order valence-corrected chi connectivity index (χ3v) is 5.02. The molecule has 0 aliphatic heterocycles. The van der Waals surface area contributed by atoms with Crippen molar-refractivity contribution in [2.45, 2.75) is 45.7 Å². The number of rotatable bonds is 11. The van der Waals surface area contributed by atoms with E-state index in [-0.39, 0.29) is 0 Å². The Morgan fingerprint density at radius 3 is 2.56 bits per heavy atom. The molecule has 0 saturated carbocycles. The van der Waals surface area contributed by atoms with E-state index in [4.69, 9.17) is 9.47 Å². The van der Waals surface area contributed by atoms with Crippen LogP contribution in [0.5, 0.6) is 11.5 Å². The highest BCUT2D eigenvalue weighted by atomic mass is 79.9. The Balaban J connectivity index is 2.11. The quantitative estimate of drug-likeness (QED) is 0.209. The van der Waals surface area contributed by atoms with Crippen LogP contribution < -0.4 is 14.9 Å². The number of alkyl halides is 3. The number of carbonyl (C=O) groups is 1. The number of benzene rings is 2. The predicted octanol–water partition coefficient (Wildman–Crippen LogP) is 6.59. The van der Waals surface area contributed by atoms with Gasteiger partial charge >= 0.3 is 6.18 Å². The molecule has 0 saturated heterocycles. The highest BCUT2D eigenvalue weighted by Crippen LogP contribution is 2.37. The fourth-order valence-electron chi connectivity index (χ4n) is 2.92. The minimum atomic E-state index is -4.64. The second kappa shape index (κ2) is 12.5. The van der Waals surface area contributed by atoms with Gasteiger partial charge in [-0.2, -0.15) is 18.3 Å². The largest absolute Gasteiger partial charge is 0.490 e. The molecule has 174 valence electrons. The molecular weight excluding hydrogens is 489 g/mol. The summed E-state index contributed by atoms with van der Waals surface area (Å²) in [6.45, 7) is 4.96. The highest BCUT2D eigenvalue weighted by Gasteiger charge is 2.34. The van der Waals surface area contributed by atoms with Crippen LogP contribution >= 0.6 is 15.9 Å². The molecule has 1 amide bonds. The van der Waals surface area contributed by atoms with Crippen LogP contribution in [0.3, 0.4) is 0 Å². The van der Waals surface area contributed by atoms with Crippen molar-refractivity contribution < 1.29 is 27.4 Å². The number of amides is 1. The molecule has 1 N–H and O–H groups in total. The van der Waals surface area contributed by atoms with Gasteiger partial charge in [-0.3, -0.25) is 4.79 Å². The van der Waals surface area contributed by atoms with Crippen LogP contribution in [0.1, 0.15) is 61.0 Å². The molecule has 2 rings (SSSR count). The molecule has 0 radical (unpaired) electrons. The molecule has 0 heterocycles. The molecule has 5 nitrogen and oxygen atoms in total. The Labute approximate surface area is 194 Å². The van der Waals surface area contributed by atoms with Crippen molar-refractivity contribution in [2.24, 2.45) is 5.10 Å². The van der Waals surface area contributed by atoms with E-state index < -0.39 is 23.2 Å². The number of hydrogen-bond acceptors (Lipinski definition) is 4. The molecule has 0 spiro atoms. The standard InChI is InChI=1S/C23H26BrF3N2O3/c1-3-5-6-9-12-32-21-19(24)13-16(14-20(21)31-4-2)15-28-29-22(30)17-10-7-8-11-18(17)23(25,26)27/h7-8,10-11,13-15H,3-6,9,12H2,1-2H3,(H,29,30)/b28-15+. The summed E-state index contributed by atoms with van der Waals surface area (Å²) in [5, 5.41) is 3.80. The van der Waals surface area contributed by atoms with Gasteiger partial charge in [-0.05, 0) is 59.1 Å². The third kappa shape index (κ3) is 7.55. The topological polar surface area (TPSA) is 59.9 Å². The van der Waals surface area contributed by atoms with Gasteiger partial charge in [0.15, 0.2) is 11.5 Å². The highest BCUT2D eigenvalue weighted by molar-refractivity contribution is 9.10. The lowest BCUT2D eigenvalue weighted by molar-refractivity contribution is -0.137. The summed E-state index contributed by atoms with van der Waals surface area (Å²) < 4.78 is 51.5. The van der Waals surface area contributed by atoms with Crippen molar-refractivity contribution in [3.63, 3.8) is 0 Å². The predicted molar refractivity (Wildman–Crippen MR) is 121 cm³/mol. The van der Waals surface area contributed by atoms with Crippen LogP contribution in [0, 0.1) is 0 Å². The van der Waals surface area contributed by atoms with Gasteiger partial charge < -0.3 is 9.47 Å². The van der Waals surface area contributed by atoms with Crippen molar-refractivity contribution in [2.75, 3.05) is 13.2 Å². The average molecular weight is 515 g/mol. The first kappa shape index (κ1) is 25.7. The van der Waals surface area contributed by atoms with Gasteiger partial charge in [-0.1, -0.05) is 38.3 Å². The Bertz CT molecular complexity index is 933. The fraction of sp³-hybridized carbons (Fsp3) is 0.391. The molecule has 0 bridgehead atoms. The second-order valence-electron chi connectivity index (χ2n) is 6.91. The minimum Gasteiger partial charge on any atom is -0.490 e. The van der Waals surface area contributed by atoms with Gasteiger partial charge in [-0.15, -0.1) is 0 Å². The van der Waals surface area contributed by atoms with E-state index in [1.54, 1.807) is 12.1 Å². The Morgan fingerprint density at radius 1 is 1.12 bits per heavy atom. The maximum Gasteiger partial charge on any atom is 0.417 e. The zero-order valence-electron chi connectivity index (χ0n) is 18.0. The van der Waals surface area contributed by atoms with Gasteiger partial charge in [0, 0.05) is 0 Å². The lowest BCUT2D eigenvalue weighted by Gasteiger charge is -2.14. The first-order valence-corrected chi connectivity index (χ1v) is 11.2. The maximum absolute atomic E-state index is 13.1. The molecule has 0 aromatic heterocycles. The normalized spacial score (nSPS) is 11.6. The first-order chi connectivity index (χ1) is 15.3. The smallest absolute Gasteiger partial charge is 0.417 e. The van der Waals surface area contributed by atoms with Crippen molar-refractivity contribution in [3.05, 3.63) is 57.6 Å². The van der Waals surface area contributed by atoms with E-state index in [0.717, 1.165) is 37.8 Å². The lowest BCUT2D eigenvalue weighted by atomic mass is 10.1. The van der Waals surface area contributed by atoms with Crippen LogP contribution in [0.25, 0.3) is 0 Å². The zero-order valence-corrected chi connectivity index (χ0v) is 19.6. The Kier molecular flexibility index (Phi) is 10.0. The third-order valence-electron chi connectivity index (χ3n) is 4.43. The van der Waals surface area contributed by atoms with Crippen molar-refractivity contribution >= 4 is 28.1 Å². The first-order valence-electron chi connectivity index (χ1n) is 10.4. The van der Waals surface area contributed by atoms with Gasteiger partial charge in [0.2, 0.25) is 0 Å². The van der Waals surface area contributed by atoms with Crippen molar-refractivity contribution in [3.8, 4) is 11.5 Å². The van der Waals surface area contributed by atoms with Crippen LogP contribution in [0.15, 0.2) is 46.0 Å². The molecule has 0 aliphatic carbocycles. The SMILES string of the molecule is CCCCCCOc1c(Br)cc(/C=N/NC(=O)c2ccccc2C(F)(F)F)cc1OCC. The zero-order chi connectivity index (χ0) is 23.6. The molecule has 0 unspecified atom stereocenters. The molecule has 2 aromatic rings. The summed E-state index contributed by atoms with van der Waals surface area (Å²) in [7, 11) is 0. The number of hydrazone groups is 1. The number of carbonyl (C=O) groups excluding carboxylic acids is 1. The van der Waals surface area contributed by atoms with E-state index in [0.29, 0.717) is 34.7 Å². The van der Waals surface area contributed by atoms with Crippen LogP contribution in [-0.4, -0.2) is 25.3 Å². The van der Waals surface area contributed by atoms with Crippen molar-refractivity contribution in [1.82, 2.24) is 5.43 Å². The summed E-state index contributed by atoms with van der Waals surface area (Å²) >= 11 is 3.46. The number of ether oxygens (including phenoxy) is 2. The molecule has 32 heavy (non-hydrogen) atoms. The van der Waals surface area contributed by atoms with E-state index in [1.165, 1.54) is 18.3 Å². The molecule has 2 aromatic carbocycles. The van der Waals surface area contributed by atoms with Gasteiger partial charge in [-0.25, -0.2) is 5.43 Å². The summed E-state index contributed by atoms with van der Waals surface area (Å²) in [4.78, 5) is 12.2. The number of nitrogens with zero attached hydrogens (tertiary/aromatic N) is 1. The van der Waals surface area contributed by atoms with E-state index in [9.17, 15) is 18.0 Å². The lowest BCUT2D eigenvalue weighted by Crippen LogP contribution is -2.22. The number of nitrogens with one attached hydrogen (secondary N) is 1. The number of hydrogen-bond donors (Lipinski definition) is 1. The monoisotopic (exact) mass is 514 g/mol. The van der Waals surface area contributed by atoms with Crippen LogP contribution in [-0.2, 0) is 6.18 Å². The Morgan fingerprint density at radius 2 is 1.88 bits per heavy atom. The molecular formula is C23H26BrF3N2O3. The summed E-state index contributed by atoms with van der Waals surface area (Å²) in [6, 6.07) is 7.96. The maximum atomic E-state index is 13.1. The molecule has 0 atom stereocenters. The van der Waals surface area contributed by atoms with E-state index in [2.05, 4.69) is 33.4 Å².